The maximum absolute atomic E-state index is 6.00. The molecule has 0 radical (unpaired) electrons. The highest BCUT2D eigenvalue weighted by atomic mass is 79.9. The van der Waals surface area contributed by atoms with E-state index in [2.05, 4.69) is 40.4 Å². The van der Waals surface area contributed by atoms with E-state index in [-0.39, 0.29) is 0 Å². The van der Waals surface area contributed by atoms with E-state index in [9.17, 15) is 0 Å². The molecule has 3 heteroatoms. The molecule has 0 saturated heterocycles. The SMILES string of the molecule is CCc1c(Br)cc2sccc2c1CCl. The van der Waals surface area contributed by atoms with Crippen LogP contribution in [0, 0.1) is 0 Å². The van der Waals surface area contributed by atoms with E-state index in [0.29, 0.717) is 5.88 Å². The lowest BCUT2D eigenvalue weighted by Crippen LogP contribution is -1.91. The summed E-state index contributed by atoms with van der Waals surface area (Å²) in [5.74, 6) is 0.593. The summed E-state index contributed by atoms with van der Waals surface area (Å²) in [6.07, 6.45) is 1.02. The van der Waals surface area contributed by atoms with Crippen molar-refractivity contribution < 1.29 is 0 Å². The molecule has 0 aliphatic rings. The van der Waals surface area contributed by atoms with Crippen LogP contribution in [0.2, 0.25) is 0 Å². The van der Waals surface area contributed by atoms with Gasteiger partial charge in [-0.3, -0.25) is 0 Å². The minimum atomic E-state index is 0.593. The Balaban J connectivity index is 2.82. The molecule has 74 valence electrons. The topological polar surface area (TPSA) is 0 Å². The van der Waals surface area contributed by atoms with Crippen molar-refractivity contribution in [2.45, 2.75) is 19.2 Å². The van der Waals surface area contributed by atoms with Gasteiger partial charge in [-0.05, 0) is 40.4 Å². The second kappa shape index (κ2) is 4.21. The number of halogens is 2. The van der Waals surface area contributed by atoms with Crippen LogP contribution in [0.4, 0.5) is 0 Å². The maximum atomic E-state index is 6.00. The van der Waals surface area contributed by atoms with Crippen molar-refractivity contribution in [1.29, 1.82) is 0 Å². The molecule has 2 rings (SSSR count). The predicted molar refractivity (Wildman–Crippen MR) is 68.5 cm³/mol. The molecule has 1 aromatic heterocycles. The monoisotopic (exact) mass is 288 g/mol. The number of hydrogen-bond donors (Lipinski definition) is 0. The van der Waals surface area contributed by atoms with E-state index in [0.717, 1.165) is 6.42 Å². The molecule has 0 saturated carbocycles. The van der Waals surface area contributed by atoms with Crippen molar-refractivity contribution in [3.05, 3.63) is 33.1 Å². The fourth-order valence-electron chi connectivity index (χ4n) is 1.73. The Bertz CT molecular complexity index is 462. The van der Waals surface area contributed by atoms with Crippen LogP contribution in [0.5, 0.6) is 0 Å². The van der Waals surface area contributed by atoms with Crippen molar-refractivity contribution >= 4 is 49.0 Å². The van der Waals surface area contributed by atoms with Gasteiger partial charge in [-0.1, -0.05) is 22.9 Å². The van der Waals surface area contributed by atoms with E-state index in [1.807, 2.05) is 0 Å². The van der Waals surface area contributed by atoms with Crippen LogP contribution in [0.25, 0.3) is 10.1 Å². The van der Waals surface area contributed by atoms with Crippen LogP contribution >= 0.6 is 38.9 Å². The molecule has 2 aromatic rings. The Morgan fingerprint density at radius 2 is 2.21 bits per heavy atom. The molecule has 0 fully saturated rings. The van der Waals surface area contributed by atoms with Crippen molar-refractivity contribution in [3.63, 3.8) is 0 Å². The number of benzene rings is 1. The van der Waals surface area contributed by atoms with Gasteiger partial charge in [0.1, 0.15) is 0 Å². The van der Waals surface area contributed by atoms with E-state index in [1.54, 1.807) is 11.3 Å². The molecule has 0 bridgehead atoms. The Hall–Kier alpha value is -0.0500. The molecular weight excluding hydrogens is 280 g/mol. The van der Waals surface area contributed by atoms with E-state index < -0.39 is 0 Å². The summed E-state index contributed by atoms with van der Waals surface area (Å²) in [4.78, 5) is 0. The largest absolute Gasteiger partial charge is 0.144 e. The van der Waals surface area contributed by atoms with E-state index in [1.165, 1.54) is 25.7 Å². The molecule has 0 amide bonds. The molecule has 0 N–H and O–H groups in total. The summed E-state index contributed by atoms with van der Waals surface area (Å²) in [7, 11) is 0. The average molecular weight is 290 g/mol. The first-order chi connectivity index (χ1) is 6.77. The van der Waals surface area contributed by atoms with Gasteiger partial charge >= 0.3 is 0 Å². The summed E-state index contributed by atoms with van der Waals surface area (Å²) < 4.78 is 2.50. The van der Waals surface area contributed by atoms with E-state index in [4.69, 9.17) is 11.6 Å². The third kappa shape index (κ3) is 1.60. The molecule has 0 aliphatic heterocycles. The summed E-state index contributed by atoms with van der Waals surface area (Å²) in [6.45, 7) is 2.16. The van der Waals surface area contributed by atoms with Crippen molar-refractivity contribution in [2.75, 3.05) is 0 Å². The Kier molecular flexibility index (Phi) is 3.15. The highest BCUT2D eigenvalue weighted by Gasteiger charge is 2.10. The van der Waals surface area contributed by atoms with Crippen LogP contribution in [-0.4, -0.2) is 0 Å². The number of rotatable bonds is 2. The predicted octanol–water partition coefficient (Wildman–Crippen LogP) is 4.97. The molecule has 1 aromatic carbocycles. The van der Waals surface area contributed by atoms with Crippen LogP contribution < -0.4 is 0 Å². The van der Waals surface area contributed by atoms with Gasteiger partial charge in [0.15, 0.2) is 0 Å². The van der Waals surface area contributed by atoms with Gasteiger partial charge in [-0.15, -0.1) is 22.9 Å². The van der Waals surface area contributed by atoms with Crippen LogP contribution in [0.1, 0.15) is 18.1 Å². The average Bonchev–Trinajstić information content (AvgIpc) is 2.62. The van der Waals surface area contributed by atoms with Crippen LogP contribution in [0.15, 0.2) is 22.0 Å². The highest BCUT2D eigenvalue weighted by molar-refractivity contribution is 9.10. The molecule has 0 aliphatic carbocycles. The quantitative estimate of drug-likeness (QED) is 0.685. The number of hydrogen-bond acceptors (Lipinski definition) is 1. The van der Waals surface area contributed by atoms with Crippen LogP contribution in [-0.2, 0) is 12.3 Å². The zero-order chi connectivity index (χ0) is 10.1. The smallest absolute Gasteiger partial charge is 0.0483 e. The zero-order valence-electron chi connectivity index (χ0n) is 7.81. The second-order valence-corrected chi connectivity index (χ2v) is 5.20. The second-order valence-electron chi connectivity index (χ2n) is 3.14. The molecule has 0 spiro atoms. The van der Waals surface area contributed by atoms with Gasteiger partial charge < -0.3 is 0 Å². The fourth-order valence-corrected chi connectivity index (χ4v) is 3.79. The maximum Gasteiger partial charge on any atom is 0.0483 e. The third-order valence-corrected chi connectivity index (χ3v) is 4.26. The van der Waals surface area contributed by atoms with Crippen molar-refractivity contribution in [1.82, 2.24) is 0 Å². The summed E-state index contributed by atoms with van der Waals surface area (Å²) in [5.41, 5.74) is 2.62. The lowest BCUT2D eigenvalue weighted by atomic mass is 10.0. The molecule has 0 unspecified atom stereocenters. The lowest BCUT2D eigenvalue weighted by Gasteiger charge is -2.09. The minimum absolute atomic E-state index is 0.593. The molecule has 0 atom stereocenters. The van der Waals surface area contributed by atoms with Gasteiger partial charge in [0.05, 0.1) is 0 Å². The summed E-state index contributed by atoms with van der Waals surface area (Å²) >= 11 is 11.4. The Labute approximate surface area is 101 Å². The van der Waals surface area contributed by atoms with Gasteiger partial charge in [0.25, 0.3) is 0 Å². The molecule has 0 nitrogen and oxygen atoms in total. The van der Waals surface area contributed by atoms with Gasteiger partial charge in [0, 0.05) is 15.1 Å². The number of alkyl halides is 1. The summed E-state index contributed by atoms with van der Waals surface area (Å²) in [5, 5.41) is 3.43. The van der Waals surface area contributed by atoms with E-state index >= 15 is 0 Å². The molecule has 1 heterocycles. The first-order valence-corrected chi connectivity index (χ1v) is 6.72. The van der Waals surface area contributed by atoms with Crippen molar-refractivity contribution in [2.24, 2.45) is 0 Å². The summed E-state index contributed by atoms with van der Waals surface area (Å²) in [6, 6.07) is 4.35. The number of fused-ring (bicyclic) bond motifs is 1. The highest BCUT2D eigenvalue weighted by Crippen LogP contribution is 2.33. The lowest BCUT2D eigenvalue weighted by molar-refractivity contribution is 1.10. The first-order valence-electron chi connectivity index (χ1n) is 4.51. The zero-order valence-corrected chi connectivity index (χ0v) is 11.0. The van der Waals surface area contributed by atoms with Gasteiger partial charge in [-0.2, -0.15) is 0 Å². The normalized spacial score (nSPS) is 11.1. The standard InChI is InChI=1S/C11H10BrClS/c1-2-7-9(6-13)8-3-4-14-11(8)5-10(7)12/h3-5H,2,6H2,1H3. The minimum Gasteiger partial charge on any atom is -0.144 e. The van der Waals surface area contributed by atoms with Crippen molar-refractivity contribution in [3.8, 4) is 0 Å². The Morgan fingerprint density at radius 3 is 2.86 bits per heavy atom. The third-order valence-electron chi connectivity index (χ3n) is 2.42. The Morgan fingerprint density at radius 1 is 1.43 bits per heavy atom. The van der Waals surface area contributed by atoms with Gasteiger partial charge in [0.2, 0.25) is 0 Å². The molecule has 14 heavy (non-hydrogen) atoms. The van der Waals surface area contributed by atoms with Gasteiger partial charge in [-0.25, -0.2) is 0 Å². The van der Waals surface area contributed by atoms with Crippen LogP contribution in [0.3, 0.4) is 0 Å². The fraction of sp³-hybridized carbons (Fsp3) is 0.273. The molecular formula is C11H10BrClS. The number of thiophene rings is 1. The first kappa shape index (κ1) is 10.5.